The molecule has 4 heteroatoms. The Morgan fingerprint density at radius 2 is 2.25 bits per heavy atom. The van der Waals surface area contributed by atoms with Crippen molar-refractivity contribution < 1.29 is 5.11 Å². The lowest BCUT2D eigenvalue weighted by Crippen LogP contribution is -2.40. The largest absolute Gasteiger partial charge is 0.391 e. The number of nitrogens with zero attached hydrogens (tertiary/aromatic N) is 1. The third kappa shape index (κ3) is 2.88. The van der Waals surface area contributed by atoms with Crippen LogP contribution in [0.15, 0.2) is 18.3 Å². The SMILES string of the molecule is CCC1SCCSC1C(O)C1CCCc2cccnc21. The molecule has 2 nitrogen and oxygen atoms in total. The number of hydrogen-bond acceptors (Lipinski definition) is 4. The maximum atomic E-state index is 11.0. The second-order valence-corrected chi connectivity index (χ2v) is 8.32. The van der Waals surface area contributed by atoms with E-state index in [-0.39, 0.29) is 12.0 Å². The Balaban J connectivity index is 1.82. The number of fused-ring (bicyclic) bond motifs is 1. The van der Waals surface area contributed by atoms with Gasteiger partial charge in [-0.15, -0.1) is 0 Å². The first-order chi connectivity index (χ1) is 9.81. The van der Waals surface area contributed by atoms with Crippen LogP contribution < -0.4 is 0 Å². The molecular weight excluding hydrogens is 286 g/mol. The molecule has 4 atom stereocenters. The van der Waals surface area contributed by atoms with E-state index in [1.165, 1.54) is 23.5 Å². The van der Waals surface area contributed by atoms with Crippen LogP contribution in [0.25, 0.3) is 0 Å². The average Bonchev–Trinajstić information content (AvgIpc) is 2.53. The van der Waals surface area contributed by atoms with Crippen molar-refractivity contribution in [3.63, 3.8) is 0 Å². The minimum atomic E-state index is -0.244. The lowest BCUT2D eigenvalue weighted by atomic mass is 9.81. The van der Waals surface area contributed by atoms with Crippen LogP contribution in [0, 0.1) is 0 Å². The summed E-state index contributed by atoms with van der Waals surface area (Å²) in [6.45, 7) is 2.25. The van der Waals surface area contributed by atoms with Crippen LogP contribution >= 0.6 is 23.5 Å². The quantitative estimate of drug-likeness (QED) is 0.926. The highest BCUT2D eigenvalue weighted by Gasteiger charge is 2.38. The summed E-state index contributed by atoms with van der Waals surface area (Å²) < 4.78 is 0. The first-order valence-corrected chi connectivity index (χ1v) is 9.76. The standard InChI is InChI=1S/C16H23NOS2/c1-2-13-16(20-10-9-19-13)15(18)12-7-3-5-11-6-4-8-17-14(11)12/h4,6,8,12-13,15-16,18H,2-3,5,7,9-10H2,1H3. The number of hydrogen-bond donors (Lipinski definition) is 1. The van der Waals surface area contributed by atoms with E-state index in [1.54, 1.807) is 0 Å². The van der Waals surface area contributed by atoms with E-state index in [1.807, 2.05) is 35.8 Å². The van der Waals surface area contributed by atoms with E-state index < -0.39 is 0 Å². The zero-order chi connectivity index (χ0) is 13.9. The van der Waals surface area contributed by atoms with Crippen LogP contribution in [0.1, 0.15) is 43.4 Å². The van der Waals surface area contributed by atoms with Crippen LogP contribution in [0.5, 0.6) is 0 Å². The topological polar surface area (TPSA) is 33.1 Å². The number of rotatable bonds is 3. The van der Waals surface area contributed by atoms with Gasteiger partial charge in [0.25, 0.3) is 0 Å². The molecule has 1 saturated heterocycles. The molecule has 0 spiro atoms. The Bertz CT molecular complexity index is 454. The molecule has 4 unspecified atom stereocenters. The van der Waals surface area contributed by atoms with Crippen molar-refractivity contribution in [1.29, 1.82) is 0 Å². The summed E-state index contributed by atoms with van der Waals surface area (Å²) >= 11 is 4.02. The van der Waals surface area contributed by atoms with Crippen LogP contribution in [0.3, 0.4) is 0 Å². The van der Waals surface area contributed by atoms with Crippen LogP contribution in [-0.2, 0) is 6.42 Å². The Hall–Kier alpha value is -0.190. The molecule has 1 aromatic heterocycles. The summed E-state index contributed by atoms with van der Waals surface area (Å²) in [7, 11) is 0. The molecule has 1 fully saturated rings. The molecule has 20 heavy (non-hydrogen) atoms. The van der Waals surface area contributed by atoms with Crippen molar-refractivity contribution in [2.75, 3.05) is 11.5 Å². The molecule has 2 heterocycles. The van der Waals surface area contributed by atoms with E-state index >= 15 is 0 Å². The van der Waals surface area contributed by atoms with Gasteiger partial charge >= 0.3 is 0 Å². The highest BCUT2D eigenvalue weighted by atomic mass is 32.2. The van der Waals surface area contributed by atoms with Gasteiger partial charge in [-0.25, -0.2) is 0 Å². The number of thioether (sulfide) groups is 2. The number of aromatic nitrogens is 1. The summed E-state index contributed by atoms with van der Waals surface area (Å²) in [6.07, 6.45) is 6.18. The maximum Gasteiger partial charge on any atom is 0.0753 e. The van der Waals surface area contributed by atoms with Crippen molar-refractivity contribution in [2.24, 2.45) is 0 Å². The summed E-state index contributed by atoms with van der Waals surface area (Å²) in [6, 6.07) is 4.20. The minimum Gasteiger partial charge on any atom is -0.391 e. The van der Waals surface area contributed by atoms with Gasteiger partial charge in [-0.3, -0.25) is 4.98 Å². The van der Waals surface area contributed by atoms with Gasteiger partial charge in [0.05, 0.1) is 6.10 Å². The van der Waals surface area contributed by atoms with Gasteiger partial charge in [0.2, 0.25) is 0 Å². The van der Waals surface area contributed by atoms with Gasteiger partial charge in [-0.1, -0.05) is 13.0 Å². The van der Waals surface area contributed by atoms with Crippen molar-refractivity contribution in [3.05, 3.63) is 29.6 Å². The van der Waals surface area contributed by atoms with Crippen molar-refractivity contribution in [3.8, 4) is 0 Å². The number of aryl methyl sites for hydroxylation is 1. The van der Waals surface area contributed by atoms with Gasteiger partial charge in [0.1, 0.15) is 0 Å². The number of aliphatic hydroxyl groups excluding tert-OH is 1. The fourth-order valence-corrected chi connectivity index (χ4v) is 6.66. The monoisotopic (exact) mass is 309 g/mol. The summed E-state index contributed by atoms with van der Waals surface area (Å²) in [5.41, 5.74) is 2.52. The molecule has 1 N–H and O–H groups in total. The van der Waals surface area contributed by atoms with E-state index in [9.17, 15) is 5.11 Å². The molecule has 2 aliphatic rings. The molecule has 0 bridgehead atoms. The molecule has 1 aliphatic heterocycles. The Morgan fingerprint density at radius 3 is 3.10 bits per heavy atom. The predicted molar refractivity (Wildman–Crippen MR) is 88.7 cm³/mol. The lowest BCUT2D eigenvalue weighted by molar-refractivity contribution is 0.128. The fourth-order valence-electron chi connectivity index (χ4n) is 3.46. The van der Waals surface area contributed by atoms with Crippen LogP contribution in [-0.4, -0.2) is 38.2 Å². The van der Waals surface area contributed by atoms with Gasteiger partial charge in [-0.05, 0) is 37.3 Å². The van der Waals surface area contributed by atoms with E-state index in [0.29, 0.717) is 10.5 Å². The predicted octanol–water partition coefficient (Wildman–Crippen LogP) is 3.49. The molecule has 0 amide bonds. The molecule has 3 rings (SSSR count). The summed E-state index contributed by atoms with van der Waals surface area (Å²) in [5, 5.41) is 11.9. The van der Waals surface area contributed by atoms with Crippen molar-refractivity contribution in [2.45, 2.75) is 55.1 Å². The van der Waals surface area contributed by atoms with Gasteiger partial charge < -0.3 is 5.11 Å². The van der Waals surface area contributed by atoms with Gasteiger partial charge in [0, 0.05) is 39.8 Å². The first-order valence-electron chi connectivity index (χ1n) is 7.66. The van der Waals surface area contributed by atoms with Crippen molar-refractivity contribution in [1.82, 2.24) is 4.98 Å². The lowest BCUT2D eigenvalue weighted by Gasteiger charge is -2.38. The number of pyridine rings is 1. The third-order valence-electron chi connectivity index (χ3n) is 4.48. The van der Waals surface area contributed by atoms with Crippen molar-refractivity contribution >= 4 is 23.5 Å². The Morgan fingerprint density at radius 1 is 1.40 bits per heavy atom. The van der Waals surface area contributed by atoms with Crippen LogP contribution in [0.4, 0.5) is 0 Å². The molecule has 110 valence electrons. The molecular formula is C16H23NOS2. The molecule has 0 radical (unpaired) electrons. The van der Waals surface area contributed by atoms with Crippen LogP contribution in [0.2, 0.25) is 0 Å². The fraction of sp³-hybridized carbons (Fsp3) is 0.688. The molecule has 1 aromatic rings. The van der Waals surface area contributed by atoms with E-state index in [0.717, 1.165) is 25.0 Å². The Labute approximate surface area is 130 Å². The second-order valence-electron chi connectivity index (χ2n) is 5.69. The van der Waals surface area contributed by atoms with Gasteiger partial charge in [0.15, 0.2) is 0 Å². The highest BCUT2D eigenvalue weighted by Crippen LogP contribution is 2.42. The highest BCUT2D eigenvalue weighted by molar-refractivity contribution is 8.07. The summed E-state index contributed by atoms with van der Waals surface area (Å²) in [5.74, 6) is 2.64. The van der Waals surface area contributed by atoms with E-state index in [4.69, 9.17) is 0 Å². The first kappa shape index (κ1) is 14.7. The third-order valence-corrected chi connectivity index (χ3v) is 7.84. The second kappa shape index (κ2) is 6.71. The minimum absolute atomic E-state index is 0.241. The molecule has 0 saturated carbocycles. The zero-order valence-electron chi connectivity index (χ0n) is 12.0. The average molecular weight is 310 g/mol. The van der Waals surface area contributed by atoms with Gasteiger partial charge in [-0.2, -0.15) is 23.5 Å². The number of aliphatic hydroxyl groups is 1. The Kier molecular flexibility index (Phi) is 4.95. The smallest absolute Gasteiger partial charge is 0.0753 e. The maximum absolute atomic E-state index is 11.0. The normalized spacial score (nSPS) is 31.6. The van der Waals surface area contributed by atoms with E-state index in [2.05, 4.69) is 18.0 Å². The molecule has 0 aromatic carbocycles. The molecule has 1 aliphatic carbocycles. The zero-order valence-corrected chi connectivity index (χ0v) is 13.6. The summed E-state index contributed by atoms with van der Waals surface area (Å²) in [4.78, 5) is 4.59.